The minimum atomic E-state index is -0.229. The van der Waals surface area contributed by atoms with Crippen LogP contribution in [0, 0.1) is 18.3 Å². The fourth-order valence-electron chi connectivity index (χ4n) is 2.39. The van der Waals surface area contributed by atoms with Crippen molar-refractivity contribution >= 4 is 23.0 Å². The summed E-state index contributed by atoms with van der Waals surface area (Å²) in [5, 5.41) is 15.0. The van der Waals surface area contributed by atoms with Gasteiger partial charge in [-0.05, 0) is 48.9 Å². The van der Waals surface area contributed by atoms with E-state index in [0.717, 1.165) is 16.9 Å². The highest BCUT2D eigenvalue weighted by Crippen LogP contribution is 2.18. The van der Waals surface area contributed by atoms with Crippen molar-refractivity contribution in [2.24, 2.45) is 0 Å². The topological polar surface area (TPSA) is 77.8 Å². The van der Waals surface area contributed by atoms with Gasteiger partial charge in [0.15, 0.2) is 0 Å². The second-order valence-electron chi connectivity index (χ2n) is 5.60. The van der Waals surface area contributed by atoms with Gasteiger partial charge in [0.25, 0.3) is 5.91 Å². The summed E-state index contributed by atoms with van der Waals surface area (Å²) >= 11 is 0. The second-order valence-corrected chi connectivity index (χ2v) is 5.60. The zero-order valence-corrected chi connectivity index (χ0v) is 13.7. The molecule has 1 heterocycles. The molecule has 3 aromatic rings. The van der Waals surface area contributed by atoms with Crippen molar-refractivity contribution in [1.82, 2.24) is 4.98 Å². The Morgan fingerprint density at radius 2 is 1.80 bits per heavy atom. The van der Waals surface area contributed by atoms with Gasteiger partial charge < -0.3 is 10.6 Å². The molecule has 2 N–H and O–H groups in total. The molecule has 0 aliphatic rings. The molecule has 25 heavy (non-hydrogen) atoms. The highest BCUT2D eigenvalue weighted by Gasteiger charge is 2.08. The van der Waals surface area contributed by atoms with Gasteiger partial charge >= 0.3 is 0 Å². The number of hydrogen-bond acceptors (Lipinski definition) is 4. The molecule has 122 valence electrons. The van der Waals surface area contributed by atoms with Gasteiger partial charge in [0.05, 0.1) is 29.1 Å². The van der Waals surface area contributed by atoms with Crippen molar-refractivity contribution in [3.05, 3.63) is 83.7 Å². The number of nitriles is 1. The lowest BCUT2D eigenvalue weighted by atomic mass is 10.2. The number of nitrogens with zero attached hydrogens (tertiary/aromatic N) is 2. The number of anilines is 3. The monoisotopic (exact) mass is 328 g/mol. The lowest BCUT2D eigenvalue weighted by Crippen LogP contribution is -2.12. The molecule has 0 saturated heterocycles. The lowest BCUT2D eigenvalue weighted by Gasteiger charge is -2.09. The molecule has 5 heteroatoms. The number of aryl methyl sites for hydroxylation is 1. The number of carbonyl (C=O) groups excluding carboxylic acids is 1. The third-order valence-corrected chi connectivity index (χ3v) is 3.56. The first-order valence-electron chi connectivity index (χ1n) is 7.74. The highest BCUT2D eigenvalue weighted by molar-refractivity contribution is 6.04. The van der Waals surface area contributed by atoms with E-state index in [0.29, 0.717) is 16.8 Å². The van der Waals surface area contributed by atoms with Crippen molar-refractivity contribution in [2.75, 3.05) is 10.6 Å². The van der Waals surface area contributed by atoms with Crippen LogP contribution in [0.1, 0.15) is 21.5 Å². The molecule has 0 radical (unpaired) electrons. The second kappa shape index (κ2) is 7.28. The molecule has 1 aromatic heterocycles. The summed E-state index contributed by atoms with van der Waals surface area (Å²) in [5.74, 6) is -0.229. The summed E-state index contributed by atoms with van der Waals surface area (Å²) in [6.45, 7) is 1.97. The summed E-state index contributed by atoms with van der Waals surface area (Å²) in [4.78, 5) is 16.5. The SMILES string of the molecule is Cc1cccc(NC(=O)c2cncc(Nc3cccc(C#N)c3)c2)c1. The number of hydrogen-bond donors (Lipinski definition) is 2. The van der Waals surface area contributed by atoms with Gasteiger partial charge in [-0.1, -0.05) is 18.2 Å². The smallest absolute Gasteiger partial charge is 0.257 e. The Kier molecular flexibility index (Phi) is 4.72. The maximum Gasteiger partial charge on any atom is 0.257 e. The Labute approximate surface area is 146 Å². The van der Waals surface area contributed by atoms with Gasteiger partial charge in [0, 0.05) is 17.6 Å². The van der Waals surface area contributed by atoms with E-state index in [1.54, 1.807) is 30.5 Å². The van der Waals surface area contributed by atoms with Crippen molar-refractivity contribution in [1.29, 1.82) is 5.26 Å². The Bertz CT molecular complexity index is 960. The van der Waals surface area contributed by atoms with Gasteiger partial charge in [-0.25, -0.2) is 0 Å². The molecule has 0 aliphatic heterocycles. The van der Waals surface area contributed by atoms with E-state index in [1.807, 2.05) is 37.3 Å². The van der Waals surface area contributed by atoms with Gasteiger partial charge in [0.1, 0.15) is 0 Å². The molecular weight excluding hydrogens is 312 g/mol. The van der Waals surface area contributed by atoms with E-state index in [2.05, 4.69) is 21.7 Å². The molecule has 0 saturated carbocycles. The van der Waals surface area contributed by atoms with Crippen LogP contribution in [0.4, 0.5) is 17.1 Å². The maximum atomic E-state index is 12.4. The third-order valence-electron chi connectivity index (χ3n) is 3.56. The number of aromatic nitrogens is 1. The van der Waals surface area contributed by atoms with E-state index in [9.17, 15) is 4.79 Å². The van der Waals surface area contributed by atoms with Gasteiger partial charge in [-0.15, -0.1) is 0 Å². The largest absolute Gasteiger partial charge is 0.354 e. The van der Waals surface area contributed by atoms with E-state index >= 15 is 0 Å². The maximum absolute atomic E-state index is 12.4. The molecular formula is C20H16N4O. The summed E-state index contributed by atoms with van der Waals surface area (Å²) in [6, 6.07) is 18.5. The fourth-order valence-corrected chi connectivity index (χ4v) is 2.39. The first-order chi connectivity index (χ1) is 12.1. The number of carbonyl (C=O) groups is 1. The third kappa shape index (κ3) is 4.21. The molecule has 2 aromatic carbocycles. The van der Waals surface area contributed by atoms with Crippen molar-refractivity contribution in [3.63, 3.8) is 0 Å². The number of rotatable bonds is 4. The van der Waals surface area contributed by atoms with Crippen LogP contribution in [-0.4, -0.2) is 10.9 Å². The van der Waals surface area contributed by atoms with E-state index in [1.165, 1.54) is 6.20 Å². The van der Waals surface area contributed by atoms with Gasteiger partial charge in [-0.3, -0.25) is 9.78 Å². The van der Waals surface area contributed by atoms with Crippen molar-refractivity contribution in [3.8, 4) is 6.07 Å². The van der Waals surface area contributed by atoms with Crippen LogP contribution >= 0.6 is 0 Å². The fraction of sp³-hybridized carbons (Fsp3) is 0.0500. The minimum absolute atomic E-state index is 0.229. The Balaban J connectivity index is 1.76. The van der Waals surface area contributed by atoms with Crippen LogP contribution < -0.4 is 10.6 Å². The number of pyridine rings is 1. The summed E-state index contributed by atoms with van der Waals surface area (Å²) in [7, 11) is 0. The van der Waals surface area contributed by atoms with Crippen LogP contribution in [0.2, 0.25) is 0 Å². The van der Waals surface area contributed by atoms with E-state index in [-0.39, 0.29) is 5.91 Å². The average Bonchev–Trinajstić information content (AvgIpc) is 2.62. The van der Waals surface area contributed by atoms with Crippen molar-refractivity contribution < 1.29 is 4.79 Å². The molecule has 0 bridgehead atoms. The van der Waals surface area contributed by atoms with Gasteiger partial charge in [0.2, 0.25) is 0 Å². The first-order valence-corrected chi connectivity index (χ1v) is 7.74. The number of nitrogens with one attached hydrogen (secondary N) is 2. The number of benzene rings is 2. The summed E-state index contributed by atoms with van der Waals surface area (Å²) < 4.78 is 0. The van der Waals surface area contributed by atoms with Crippen molar-refractivity contribution in [2.45, 2.75) is 6.92 Å². The van der Waals surface area contributed by atoms with Gasteiger partial charge in [-0.2, -0.15) is 5.26 Å². The Morgan fingerprint density at radius 3 is 2.60 bits per heavy atom. The Morgan fingerprint density at radius 1 is 1.00 bits per heavy atom. The van der Waals surface area contributed by atoms with E-state index in [4.69, 9.17) is 5.26 Å². The molecule has 5 nitrogen and oxygen atoms in total. The zero-order chi connectivity index (χ0) is 17.6. The lowest BCUT2D eigenvalue weighted by molar-refractivity contribution is 0.102. The number of amides is 1. The molecule has 0 fully saturated rings. The van der Waals surface area contributed by atoms with Crippen LogP contribution in [0.15, 0.2) is 67.0 Å². The summed E-state index contributed by atoms with van der Waals surface area (Å²) in [5.41, 5.74) is 4.26. The molecule has 0 spiro atoms. The Hall–Kier alpha value is -3.65. The van der Waals surface area contributed by atoms with Crippen LogP contribution in [0.5, 0.6) is 0 Å². The van der Waals surface area contributed by atoms with E-state index < -0.39 is 0 Å². The predicted molar refractivity (Wildman–Crippen MR) is 97.8 cm³/mol. The molecule has 3 rings (SSSR count). The highest BCUT2D eigenvalue weighted by atomic mass is 16.1. The predicted octanol–water partition coefficient (Wildman–Crippen LogP) is 4.26. The van der Waals surface area contributed by atoms with Crippen LogP contribution in [0.3, 0.4) is 0 Å². The minimum Gasteiger partial charge on any atom is -0.354 e. The van der Waals surface area contributed by atoms with Crippen LogP contribution in [0.25, 0.3) is 0 Å². The molecule has 0 aliphatic carbocycles. The quantitative estimate of drug-likeness (QED) is 0.750. The average molecular weight is 328 g/mol. The summed E-state index contributed by atoms with van der Waals surface area (Å²) in [6.07, 6.45) is 3.14. The molecule has 0 unspecified atom stereocenters. The zero-order valence-electron chi connectivity index (χ0n) is 13.7. The normalized spacial score (nSPS) is 9.92. The first kappa shape index (κ1) is 16.2. The van der Waals surface area contributed by atoms with Crippen LogP contribution in [-0.2, 0) is 0 Å². The standard InChI is InChI=1S/C20H16N4O/c1-14-4-2-6-17(8-14)24-20(25)16-10-19(13-22-12-16)23-18-7-3-5-15(9-18)11-21/h2-10,12-13,23H,1H3,(H,24,25). The molecule has 1 amide bonds. The molecule has 0 atom stereocenters.